The topological polar surface area (TPSA) is 102 Å². The van der Waals surface area contributed by atoms with Crippen molar-refractivity contribution in [1.82, 2.24) is 4.90 Å². The lowest BCUT2D eigenvalue weighted by Crippen LogP contribution is -2.38. The molecule has 10 heteroatoms. The van der Waals surface area contributed by atoms with Crippen LogP contribution in [0.3, 0.4) is 0 Å². The molecular weight excluding hydrogens is 516 g/mol. The predicted octanol–water partition coefficient (Wildman–Crippen LogP) is 5.52. The average Bonchev–Trinajstić information content (AvgIpc) is 2.86. The molecule has 3 rings (SSSR count). The molecule has 1 atom stereocenters. The van der Waals surface area contributed by atoms with Gasteiger partial charge < -0.3 is 19.1 Å². The van der Waals surface area contributed by atoms with Crippen LogP contribution >= 0.6 is 11.6 Å². The van der Waals surface area contributed by atoms with E-state index in [4.69, 9.17) is 20.5 Å². The normalized spacial score (nSPS) is 11.9. The van der Waals surface area contributed by atoms with Gasteiger partial charge in [-0.1, -0.05) is 36.7 Å². The number of hydrogen-bond donors (Lipinski definition) is 1. The van der Waals surface area contributed by atoms with Crippen LogP contribution < -0.4 is 14.2 Å². The minimum atomic E-state index is -4.21. The Balaban J connectivity index is 1.90. The van der Waals surface area contributed by atoms with Crippen LogP contribution in [0.25, 0.3) is 0 Å². The van der Waals surface area contributed by atoms with Crippen molar-refractivity contribution >= 4 is 39.2 Å². The fourth-order valence-electron chi connectivity index (χ4n) is 3.59. The summed E-state index contributed by atoms with van der Waals surface area (Å²) >= 11 is 6.27. The quantitative estimate of drug-likeness (QED) is 0.337. The third-order valence-corrected chi connectivity index (χ3v) is 7.31. The molecule has 0 aromatic heterocycles. The standard InChI is InChI=1S/C27H29ClN2O6S/c1-5-18(2)30(27(32)23-8-6-7-9-24(23)28)17-20-10-15-25(35-4)26(16-20)36-37(33,34)22-13-11-21(12-14-22)29-19(3)31/h6-16,18H,5,17H2,1-4H3,(H,29,31)/t18-/m0/s1. The van der Waals surface area contributed by atoms with E-state index in [1.807, 2.05) is 13.8 Å². The highest BCUT2D eigenvalue weighted by atomic mass is 35.5. The Morgan fingerprint density at radius 1 is 1.03 bits per heavy atom. The number of methoxy groups -OCH3 is 1. The van der Waals surface area contributed by atoms with Gasteiger partial charge >= 0.3 is 10.1 Å². The zero-order chi connectivity index (χ0) is 27.2. The molecule has 0 radical (unpaired) electrons. The Labute approximate surface area is 222 Å². The van der Waals surface area contributed by atoms with Gasteiger partial charge in [-0.05, 0) is 67.4 Å². The minimum absolute atomic E-state index is 0.0137. The van der Waals surface area contributed by atoms with Crippen LogP contribution in [0, 0.1) is 0 Å². The summed E-state index contributed by atoms with van der Waals surface area (Å²) in [5, 5.41) is 2.94. The molecule has 0 saturated heterocycles. The summed E-state index contributed by atoms with van der Waals surface area (Å²) in [5.74, 6) is -0.298. The highest BCUT2D eigenvalue weighted by Gasteiger charge is 2.24. The molecule has 3 aromatic rings. The molecule has 0 aliphatic heterocycles. The predicted molar refractivity (Wildman–Crippen MR) is 143 cm³/mol. The summed E-state index contributed by atoms with van der Waals surface area (Å²) in [4.78, 5) is 26.2. The van der Waals surface area contributed by atoms with E-state index in [1.165, 1.54) is 44.4 Å². The largest absolute Gasteiger partial charge is 0.493 e. The Morgan fingerprint density at radius 2 is 1.70 bits per heavy atom. The fourth-order valence-corrected chi connectivity index (χ4v) is 4.74. The number of nitrogens with one attached hydrogen (secondary N) is 1. The summed E-state index contributed by atoms with van der Waals surface area (Å²) in [6, 6.07) is 17.2. The Bertz CT molecular complexity index is 1380. The van der Waals surface area contributed by atoms with Gasteiger partial charge in [0.1, 0.15) is 4.90 Å². The molecule has 0 heterocycles. The number of amides is 2. The third kappa shape index (κ3) is 7.02. The monoisotopic (exact) mass is 544 g/mol. The van der Waals surface area contributed by atoms with Crippen molar-refractivity contribution in [2.75, 3.05) is 12.4 Å². The van der Waals surface area contributed by atoms with Gasteiger partial charge in [-0.2, -0.15) is 8.42 Å². The number of halogens is 1. The van der Waals surface area contributed by atoms with Gasteiger partial charge in [-0.15, -0.1) is 0 Å². The van der Waals surface area contributed by atoms with Gasteiger partial charge in [0.2, 0.25) is 5.91 Å². The van der Waals surface area contributed by atoms with Gasteiger partial charge in [0.25, 0.3) is 5.91 Å². The Kier molecular flexibility index (Phi) is 9.18. The van der Waals surface area contributed by atoms with Crippen LogP contribution in [0.2, 0.25) is 5.02 Å². The molecule has 0 saturated carbocycles. The number of benzene rings is 3. The lowest BCUT2D eigenvalue weighted by atomic mass is 10.1. The van der Waals surface area contributed by atoms with Crippen molar-refractivity contribution in [3.05, 3.63) is 82.9 Å². The van der Waals surface area contributed by atoms with E-state index in [1.54, 1.807) is 41.3 Å². The number of nitrogens with zero attached hydrogens (tertiary/aromatic N) is 1. The van der Waals surface area contributed by atoms with Crippen molar-refractivity contribution in [2.24, 2.45) is 0 Å². The van der Waals surface area contributed by atoms with Crippen LogP contribution in [-0.4, -0.2) is 38.3 Å². The first kappa shape index (κ1) is 28.0. The van der Waals surface area contributed by atoms with Crippen LogP contribution in [0.4, 0.5) is 5.69 Å². The summed E-state index contributed by atoms with van der Waals surface area (Å²) in [6.45, 7) is 5.47. The summed E-state index contributed by atoms with van der Waals surface area (Å²) in [7, 11) is -2.81. The smallest absolute Gasteiger partial charge is 0.339 e. The molecule has 1 N–H and O–H groups in total. The Hall–Kier alpha value is -3.56. The van der Waals surface area contributed by atoms with Crippen molar-refractivity contribution < 1.29 is 26.9 Å². The summed E-state index contributed by atoms with van der Waals surface area (Å²) in [6.07, 6.45) is 0.707. The summed E-state index contributed by atoms with van der Waals surface area (Å²) in [5.41, 5.74) is 1.49. The van der Waals surface area contributed by atoms with Gasteiger partial charge in [0.15, 0.2) is 11.5 Å². The van der Waals surface area contributed by atoms with Crippen molar-refractivity contribution in [3.63, 3.8) is 0 Å². The van der Waals surface area contributed by atoms with E-state index >= 15 is 0 Å². The van der Waals surface area contributed by atoms with Crippen molar-refractivity contribution in [2.45, 2.75) is 44.7 Å². The van der Waals surface area contributed by atoms with Crippen LogP contribution in [0.5, 0.6) is 11.5 Å². The third-order valence-electron chi connectivity index (χ3n) is 5.73. The van der Waals surface area contributed by atoms with Crippen LogP contribution in [-0.2, 0) is 21.5 Å². The van der Waals surface area contributed by atoms with Crippen LogP contribution in [0.1, 0.15) is 43.1 Å². The van der Waals surface area contributed by atoms with Crippen LogP contribution in [0.15, 0.2) is 71.6 Å². The number of hydrogen-bond acceptors (Lipinski definition) is 6. The van der Waals surface area contributed by atoms with E-state index in [0.29, 0.717) is 28.3 Å². The zero-order valence-electron chi connectivity index (χ0n) is 21.0. The zero-order valence-corrected chi connectivity index (χ0v) is 22.6. The second-order valence-corrected chi connectivity index (χ2v) is 10.4. The second-order valence-electron chi connectivity index (χ2n) is 8.40. The molecule has 0 aliphatic carbocycles. The van der Waals surface area contributed by atoms with E-state index in [-0.39, 0.29) is 40.8 Å². The molecule has 0 unspecified atom stereocenters. The summed E-state index contributed by atoms with van der Waals surface area (Å²) < 4.78 is 36.7. The fraction of sp³-hybridized carbons (Fsp3) is 0.259. The lowest BCUT2D eigenvalue weighted by molar-refractivity contribution is -0.114. The van der Waals surface area contributed by atoms with E-state index in [0.717, 1.165) is 0 Å². The molecule has 0 bridgehead atoms. The van der Waals surface area contributed by atoms with Gasteiger partial charge in [0.05, 0.1) is 17.7 Å². The molecular formula is C27H29ClN2O6S. The van der Waals surface area contributed by atoms with Gasteiger partial charge in [-0.25, -0.2) is 0 Å². The molecule has 0 fully saturated rings. The molecule has 37 heavy (non-hydrogen) atoms. The first-order chi connectivity index (χ1) is 17.6. The first-order valence-electron chi connectivity index (χ1n) is 11.6. The Morgan fingerprint density at radius 3 is 2.30 bits per heavy atom. The molecule has 196 valence electrons. The van der Waals surface area contributed by atoms with Crippen molar-refractivity contribution in [1.29, 1.82) is 0 Å². The molecule has 0 spiro atoms. The lowest BCUT2D eigenvalue weighted by Gasteiger charge is -2.29. The van der Waals surface area contributed by atoms with E-state index in [9.17, 15) is 18.0 Å². The average molecular weight is 545 g/mol. The highest BCUT2D eigenvalue weighted by molar-refractivity contribution is 7.87. The minimum Gasteiger partial charge on any atom is -0.493 e. The maximum atomic E-state index is 13.4. The molecule has 3 aromatic carbocycles. The first-order valence-corrected chi connectivity index (χ1v) is 13.4. The number of rotatable bonds is 10. The molecule has 2 amide bonds. The molecule has 0 aliphatic rings. The number of anilines is 1. The SMILES string of the molecule is CC[C@H](C)N(Cc1ccc(OC)c(OS(=O)(=O)c2ccc(NC(C)=O)cc2)c1)C(=O)c1ccccc1Cl. The maximum Gasteiger partial charge on any atom is 0.339 e. The number of ether oxygens (including phenoxy) is 1. The van der Waals surface area contributed by atoms with Gasteiger partial charge in [0, 0.05) is 25.2 Å². The maximum absolute atomic E-state index is 13.4. The van der Waals surface area contributed by atoms with E-state index in [2.05, 4.69) is 5.32 Å². The second kappa shape index (κ2) is 12.1. The molecule has 8 nitrogen and oxygen atoms in total. The van der Waals surface area contributed by atoms with E-state index < -0.39 is 10.1 Å². The highest BCUT2D eigenvalue weighted by Crippen LogP contribution is 2.32. The number of carbonyl (C=O) groups is 2. The number of carbonyl (C=O) groups excluding carboxylic acids is 2. The van der Waals surface area contributed by atoms with Crippen molar-refractivity contribution in [3.8, 4) is 11.5 Å². The van der Waals surface area contributed by atoms with Gasteiger partial charge in [-0.3, -0.25) is 9.59 Å².